The highest BCUT2D eigenvalue weighted by atomic mass is 16.3. The average Bonchev–Trinajstić information content (AvgIpc) is 3.37. The number of carbonyl (C=O) groups excluding carboxylic acids is 2. The summed E-state index contributed by atoms with van der Waals surface area (Å²) in [5.74, 6) is -1.49. The molecule has 1 aromatic heterocycles. The first kappa shape index (κ1) is 20.6. The molecule has 1 saturated heterocycles. The third kappa shape index (κ3) is 3.65. The molecule has 6 heteroatoms. The summed E-state index contributed by atoms with van der Waals surface area (Å²) in [6.45, 7) is 0.295. The van der Waals surface area contributed by atoms with Crippen LogP contribution in [-0.4, -0.2) is 38.3 Å². The Bertz CT molecular complexity index is 1370. The number of hydrogen-bond acceptors (Lipinski definition) is 4. The molecule has 1 atom stereocenters. The molecule has 5 rings (SSSR count). The van der Waals surface area contributed by atoms with Gasteiger partial charge in [0.25, 0.3) is 11.7 Å². The number of ketones is 1. The van der Waals surface area contributed by atoms with Crippen molar-refractivity contribution < 1.29 is 19.8 Å². The molecule has 3 N–H and O–H groups in total. The highest BCUT2D eigenvalue weighted by molar-refractivity contribution is 6.46. The van der Waals surface area contributed by atoms with E-state index in [-0.39, 0.29) is 17.1 Å². The summed E-state index contributed by atoms with van der Waals surface area (Å²) in [6.07, 6.45) is 2.46. The van der Waals surface area contributed by atoms with Gasteiger partial charge in [-0.2, -0.15) is 0 Å². The predicted octanol–water partition coefficient (Wildman–Crippen LogP) is 4.54. The largest absolute Gasteiger partial charge is 0.508 e. The molecule has 0 radical (unpaired) electrons. The number of aromatic nitrogens is 1. The summed E-state index contributed by atoms with van der Waals surface area (Å²) in [5, 5.41) is 21.8. The van der Waals surface area contributed by atoms with Gasteiger partial charge in [-0.1, -0.05) is 60.7 Å². The number of hydrogen-bond donors (Lipinski definition) is 3. The van der Waals surface area contributed by atoms with Gasteiger partial charge < -0.3 is 20.1 Å². The van der Waals surface area contributed by atoms with E-state index in [1.54, 1.807) is 36.4 Å². The molecule has 0 aliphatic carbocycles. The molecule has 6 nitrogen and oxygen atoms in total. The number of aromatic amines is 1. The molecule has 3 aromatic carbocycles. The van der Waals surface area contributed by atoms with Crippen LogP contribution in [0, 0.1) is 0 Å². The zero-order valence-electron chi connectivity index (χ0n) is 17.7. The maximum atomic E-state index is 13.1. The van der Waals surface area contributed by atoms with E-state index < -0.39 is 17.7 Å². The molecule has 2 heterocycles. The number of aliphatic hydroxyl groups is 1. The van der Waals surface area contributed by atoms with Gasteiger partial charge in [0, 0.05) is 29.2 Å². The lowest BCUT2D eigenvalue weighted by Crippen LogP contribution is -2.31. The first-order chi connectivity index (χ1) is 16.0. The summed E-state index contributed by atoms with van der Waals surface area (Å²) in [4.78, 5) is 30.9. The van der Waals surface area contributed by atoms with Crippen molar-refractivity contribution in [3.63, 3.8) is 0 Å². The van der Waals surface area contributed by atoms with Crippen molar-refractivity contribution in [1.82, 2.24) is 9.88 Å². The molecule has 1 amide bonds. The summed E-state index contributed by atoms with van der Waals surface area (Å²) in [6, 6.07) is 22.3. The second kappa shape index (κ2) is 8.31. The van der Waals surface area contributed by atoms with Crippen molar-refractivity contribution in [2.45, 2.75) is 12.5 Å². The van der Waals surface area contributed by atoms with Crippen LogP contribution in [0.25, 0.3) is 16.7 Å². The van der Waals surface area contributed by atoms with Gasteiger partial charge >= 0.3 is 0 Å². The van der Waals surface area contributed by atoms with Gasteiger partial charge in [-0.3, -0.25) is 9.59 Å². The summed E-state index contributed by atoms with van der Waals surface area (Å²) < 4.78 is 0. The third-order valence-electron chi connectivity index (χ3n) is 6.09. The fraction of sp³-hybridized carbons (Fsp3) is 0.111. The molecule has 0 saturated carbocycles. The topological polar surface area (TPSA) is 93.6 Å². The fourth-order valence-corrected chi connectivity index (χ4v) is 4.44. The van der Waals surface area contributed by atoms with Crippen LogP contribution in [0.1, 0.15) is 22.7 Å². The van der Waals surface area contributed by atoms with Crippen LogP contribution in [0.4, 0.5) is 0 Å². The van der Waals surface area contributed by atoms with E-state index in [9.17, 15) is 19.8 Å². The summed E-state index contributed by atoms with van der Waals surface area (Å²) in [5.41, 5.74) is 3.21. The van der Waals surface area contributed by atoms with Crippen molar-refractivity contribution in [1.29, 1.82) is 0 Å². The van der Waals surface area contributed by atoms with E-state index in [4.69, 9.17) is 0 Å². The minimum absolute atomic E-state index is 0.0517. The first-order valence-corrected chi connectivity index (χ1v) is 10.7. The van der Waals surface area contributed by atoms with E-state index in [0.29, 0.717) is 24.1 Å². The van der Waals surface area contributed by atoms with Gasteiger partial charge in [0.05, 0.1) is 11.6 Å². The highest BCUT2D eigenvalue weighted by Crippen LogP contribution is 2.40. The Morgan fingerprint density at radius 1 is 0.909 bits per heavy atom. The number of phenols is 1. The van der Waals surface area contributed by atoms with Crippen molar-refractivity contribution in [3.05, 3.63) is 107 Å². The number of phenolic OH excluding ortho intramolecular Hbond substituents is 1. The predicted molar refractivity (Wildman–Crippen MR) is 126 cm³/mol. The van der Waals surface area contributed by atoms with Crippen molar-refractivity contribution in [2.75, 3.05) is 6.54 Å². The molecular weight excluding hydrogens is 416 g/mol. The molecule has 1 aliphatic rings. The maximum absolute atomic E-state index is 13.1. The minimum atomic E-state index is -0.754. The van der Waals surface area contributed by atoms with Gasteiger partial charge in [0.15, 0.2) is 0 Å². The number of benzene rings is 3. The number of aromatic hydroxyl groups is 1. The van der Waals surface area contributed by atoms with Gasteiger partial charge in [-0.05, 0) is 35.7 Å². The van der Waals surface area contributed by atoms with Crippen LogP contribution in [0.3, 0.4) is 0 Å². The first-order valence-electron chi connectivity index (χ1n) is 10.7. The third-order valence-corrected chi connectivity index (χ3v) is 6.09. The number of H-pyrrole nitrogens is 1. The Hall–Kier alpha value is -4.32. The number of rotatable bonds is 5. The number of nitrogens with one attached hydrogen (secondary N) is 1. The number of Topliss-reactive ketones (excluding diaryl/α,β-unsaturated/α-hetero) is 1. The fourth-order valence-electron chi connectivity index (χ4n) is 4.44. The van der Waals surface area contributed by atoms with Crippen LogP contribution in [0.5, 0.6) is 5.75 Å². The van der Waals surface area contributed by atoms with Gasteiger partial charge in [-0.25, -0.2) is 0 Å². The van der Waals surface area contributed by atoms with Crippen molar-refractivity contribution >= 4 is 28.4 Å². The minimum Gasteiger partial charge on any atom is -0.508 e. The normalized spacial score (nSPS) is 17.7. The van der Waals surface area contributed by atoms with E-state index in [1.165, 1.54) is 17.0 Å². The molecule has 4 aromatic rings. The lowest BCUT2D eigenvalue weighted by Gasteiger charge is -2.25. The zero-order chi connectivity index (χ0) is 22.9. The van der Waals surface area contributed by atoms with Crippen LogP contribution in [0.15, 0.2) is 90.6 Å². The van der Waals surface area contributed by atoms with Crippen LogP contribution < -0.4 is 0 Å². The van der Waals surface area contributed by atoms with Crippen LogP contribution in [-0.2, 0) is 16.0 Å². The van der Waals surface area contributed by atoms with Gasteiger partial charge in [0.1, 0.15) is 11.5 Å². The Labute approximate surface area is 190 Å². The Morgan fingerprint density at radius 2 is 1.61 bits per heavy atom. The maximum Gasteiger partial charge on any atom is 0.295 e. The lowest BCUT2D eigenvalue weighted by atomic mass is 9.95. The Morgan fingerprint density at radius 3 is 2.36 bits per heavy atom. The summed E-state index contributed by atoms with van der Waals surface area (Å²) in [7, 11) is 0. The van der Waals surface area contributed by atoms with E-state index in [1.807, 2.05) is 36.5 Å². The number of nitrogens with zero attached hydrogens (tertiary/aromatic N) is 1. The Balaban J connectivity index is 1.56. The van der Waals surface area contributed by atoms with Gasteiger partial charge in [-0.15, -0.1) is 0 Å². The number of aliphatic hydroxyl groups excluding tert-OH is 1. The quantitative estimate of drug-likeness (QED) is 0.242. The molecule has 1 aliphatic heterocycles. The molecule has 1 fully saturated rings. The number of para-hydroxylation sites is 1. The number of carbonyl (C=O) groups is 2. The number of likely N-dealkylation sites (tertiary alicyclic amines) is 1. The van der Waals surface area contributed by atoms with E-state index >= 15 is 0 Å². The molecule has 0 spiro atoms. The number of amides is 1. The zero-order valence-corrected chi connectivity index (χ0v) is 17.7. The van der Waals surface area contributed by atoms with Crippen LogP contribution >= 0.6 is 0 Å². The van der Waals surface area contributed by atoms with E-state index in [0.717, 1.165) is 16.5 Å². The molecular formula is C27H22N2O4. The van der Waals surface area contributed by atoms with E-state index in [2.05, 4.69) is 4.98 Å². The van der Waals surface area contributed by atoms with Crippen LogP contribution in [0.2, 0.25) is 0 Å². The Kier molecular flexibility index (Phi) is 5.18. The highest BCUT2D eigenvalue weighted by Gasteiger charge is 2.45. The van der Waals surface area contributed by atoms with Gasteiger partial charge in [0.2, 0.25) is 0 Å². The SMILES string of the molecule is O=C1C(=O)N(CCc2c[nH]c3ccccc23)C(c2ccc(O)cc2)/C1=C(\O)c1ccccc1. The molecule has 33 heavy (non-hydrogen) atoms. The van der Waals surface area contributed by atoms with Crippen molar-refractivity contribution in [3.8, 4) is 5.75 Å². The number of fused-ring (bicyclic) bond motifs is 1. The second-order valence-corrected chi connectivity index (χ2v) is 8.06. The lowest BCUT2D eigenvalue weighted by molar-refractivity contribution is -0.139. The summed E-state index contributed by atoms with van der Waals surface area (Å²) >= 11 is 0. The second-order valence-electron chi connectivity index (χ2n) is 8.06. The monoisotopic (exact) mass is 438 g/mol. The standard InChI is InChI=1S/C27H22N2O4/c30-20-12-10-17(11-13-20)24-23(25(31)18-6-2-1-3-7-18)26(32)27(33)29(24)15-14-19-16-28-22-9-5-4-8-21(19)22/h1-13,16,24,28,30-31H,14-15H2/b25-23+. The average molecular weight is 438 g/mol. The molecule has 1 unspecified atom stereocenters. The van der Waals surface area contributed by atoms with Crippen molar-refractivity contribution in [2.24, 2.45) is 0 Å². The molecule has 0 bridgehead atoms. The molecule has 164 valence electrons. The smallest absolute Gasteiger partial charge is 0.295 e.